The first kappa shape index (κ1) is 14.5. The Morgan fingerprint density at radius 3 is 2.47 bits per heavy atom. The number of hydrogen-bond acceptors (Lipinski definition) is 2. The average Bonchev–Trinajstić information content (AvgIpc) is 3.19. The van der Waals surface area contributed by atoms with Crippen molar-refractivity contribution in [3.8, 4) is 0 Å². The predicted octanol–water partition coefficient (Wildman–Crippen LogP) is 2.97. The number of aryl methyl sites for hydroxylation is 1. The fraction of sp³-hybridized carbons (Fsp3) is 0.647. The van der Waals surface area contributed by atoms with Gasteiger partial charge in [-0.1, -0.05) is 44.2 Å². The van der Waals surface area contributed by atoms with E-state index in [9.17, 15) is 0 Å². The zero-order valence-corrected chi connectivity index (χ0v) is 12.4. The molecule has 0 aromatic heterocycles. The SMILES string of the molecule is CC(C)C1(CNCC(N)CCc2ccccc2)CC1. The molecular weight excluding hydrogens is 232 g/mol. The van der Waals surface area contributed by atoms with E-state index in [0.29, 0.717) is 5.41 Å². The highest BCUT2D eigenvalue weighted by Crippen LogP contribution is 2.51. The maximum Gasteiger partial charge on any atom is 0.0168 e. The molecule has 2 nitrogen and oxygen atoms in total. The minimum absolute atomic E-state index is 0.267. The highest BCUT2D eigenvalue weighted by Gasteiger charge is 2.44. The maximum absolute atomic E-state index is 6.18. The Balaban J connectivity index is 1.61. The van der Waals surface area contributed by atoms with Crippen molar-refractivity contribution in [1.82, 2.24) is 5.32 Å². The van der Waals surface area contributed by atoms with Crippen molar-refractivity contribution in [2.75, 3.05) is 13.1 Å². The van der Waals surface area contributed by atoms with Crippen molar-refractivity contribution in [3.63, 3.8) is 0 Å². The molecule has 1 fully saturated rings. The summed E-state index contributed by atoms with van der Waals surface area (Å²) in [6, 6.07) is 10.9. The summed E-state index contributed by atoms with van der Waals surface area (Å²) in [4.78, 5) is 0. The van der Waals surface area contributed by atoms with Crippen LogP contribution in [0.3, 0.4) is 0 Å². The highest BCUT2D eigenvalue weighted by atomic mass is 14.9. The van der Waals surface area contributed by atoms with Crippen LogP contribution < -0.4 is 11.1 Å². The Kier molecular flexibility index (Phi) is 5.00. The predicted molar refractivity (Wildman–Crippen MR) is 82.1 cm³/mol. The van der Waals surface area contributed by atoms with Crippen LogP contribution in [0.1, 0.15) is 38.7 Å². The molecule has 1 aromatic carbocycles. The Hall–Kier alpha value is -0.860. The van der Waals surface area contributed by atoms with Crippen LogP contribution in [0, 0.1) is 11.3 Å². The molecule has 1 aliphatic rings. The summed E-state index contributed by atoms with van der Waals surface area (Å²) >= 11 is 0. The van der Waals surface area contributed by atoms with E-state index >= 15 is 0 Å². The third-order valence-electron chi connectivity index (χ3n) is 4.65. The van der Waals surface area contributed by atoms with E-state index in [1.807, 2.05) is 0 Å². The summed E-state index contributed by atoms with van der Waals surface area (Å²) in [5.74, 6) is 0.792. The number of benzene rings is 1. The number of hydrogen-bond donors (Lipinski definition) is 2. The Bertz CT molecular complexity index is 368. The molecule has 0 amide bonds. The van der Waals surface area contributed by atoms with Gasteiger partial charge in [-0.25, -0.2) is 0 Å². The first-order valence-electron chi connectivity index (χ1n) is 7.63. The summed E-state index contributed by atoms with van der Waals surface area (Å²) in [5.41, 5.74) is 8.16. The normalized spacial score (nSPS) is 18.5. The van der Waals surface area contributed by atoms with Gasteiger partial charge in [-0.15, -0.1) is 0 Å². The lowest BCUT2D eigenvalue weighted by molar-refractivity contribution is 0.333. The minimum Gasteiger partial charge on any atom is -0.327 e. The third kappa shape index (κ3) is 4.32. The second kappa shape index (κ2) is 6.53. The van der Waals surface area contributed by atoms with Crippen LogP contribution in [0.5, 0.6) is 0 Å². The van der Waals surface area contributed by atoms with Gasteiger partial charge < -0.3 is 11.1 Å². The van der Waals surface area contributed by atoms with Gasteiger partial charge in [0.2, 0.25) is 0 Å². The Morgan fingerprint density at radius 1 is 1.21 bits per heavy atom. The second-order valence-corrected chi connectivity index (χ2v) is 6.43. The average molecular weight is 260 g/mol. The lowest BCUT2D eigenvalue weighted by atomic mass is 9.92. The molecule has 1 atom stereocenters. The van der Waals surface area contributed by atoms with Crippen molar-refractivity contribution in [1.29, 1.82) is 0 Å². The van der Waals surface area contributed by atoms with Crippen LogP contribution in [0.15, 0.2) is 30.3 Å². The number of nitrogens with two attached hydrogens (primary N) is 1. The second-order valence-electron chi connectivity index (χ2n) is 6.43. The molecule has 1 unspecified atom stereocenters. The fourth-order valence-electron chi connectivity index (χ4n) is 2.72. The minimum atomic E-state index is 0.267. The molecule has 0 radical (unpaired) electrons. The van der Waals surface area contributed by atoms with Gasteiger partial charge in [0.05, 0.1) is 0 Å². The first-order valence-corrected chi connectivity index (χ1v) is 7.63. The quantitative estimate of drug-likeness (QED) is 0.754. The van der Waals surface area contributed by atoms with Crippen LogP contribution in [0.4, 0.5) is 0 Å². The molecule has 1 aromatic rings. The summed E-state index contributed by atoms with van der Waals surface area (Å²) in [5, 5.41) is 3.58. The first-order chi connectivity index (χ1) is 9.12. The van der Waals surface area contributed by atoms with E-state index in [-0.39, 0.29) is 6.04 Å². The zero-order chi connectivity index (χ0) is 13.7. The Labute approximate surface area is 117 Å². The maximum atomic E-state index is 6.18. The lowest BCUT2D eigenvalue weighted by Crippen LogP contribution is -2.38. The standard InChI is InChI=1S/C17H28N2/c1-14(2)17(10-11-17)13-19-12-16(18)9-8-15-6-4-3-5-7-15/h3-7,14,16,19H,8-13,18H2,1-2H3. The topological polar surface area (TPSA) is 38.0 Å². The molecule has 0 spiro atoms. The van der Waals surface area contributed by atoms with E-state index < -0.39 is 0 Å². The van der Waals surface area contributed by atoms with Crippen LogP contribution >= 0.6 is 0 Å². The van der Waals surface area contributed by atoms with E-state index in [4.69, 9.17) is 5.73 Å². The summed E-state index contributed by atoms with van der Waals surface area (Å²) < 4.78 is 0. The van der Waals surface area contributed by atoms with Crippen molar-refractivity contribution < 1.29 is 0 Å². The molecule has 0 heterocycles. The number of nitrogens with one attached hydrogen (secondary N) is 1. The van der Waals surface area contributed by atoms with E-state index in [2.05, 4.69) is 49.5 Å². The van der Waals surface area contributed by atoms with Gasteiger partial charge in [-0.3, -0.25) is 0 Å². The molecule has 0 bridgehead atoms. The molecule has 3 N–H and O–H groups in total. The van der Waals surface area contributed by atoms with Gasteiger partial charge in [-0.2, -0.15) is 0 Å². The largest absolute Gasteiger partial charge is 0.327 e. The molecule has 1 saturated carbocycles. The van der Waals surface area contributed by atoms with Crippen molar-refractivity contribution in [3.05, 3.63) is 35.9 Å². The van der Waals surface area contributed by atoms with E-state index in [1.54, 1.807) is 0 Å². The van der Waals surface area contributed by atoms with Crippen molar-refractivity contribution in [2.24, 2.45) is 17.1 Å². The lowest BCUT2D eigenvalue weighted by Gasteiger charge is -2.21. The van der Waals surface area contributed by atoms with Gasteiger partial charge in [0.1, 0.15) is 0 Å². The molecule has 0 saturated heterocycles. The molecule has 1 aliphatic carbocycles. The molecule has 0 aliphatic heterocycles. The molecular formula is C17H28N2. The highest BCUT2D eigenvalue weighted by molar-refractivity contribution is 5.14. The fourth-order valence-corrected chi connectivity index (χ4v) is 2.72. The smallest absolute Gasteiger partial charge is 0.0168 e. The molecule has 19 heavy (non-hydrogen) atoms. The van der Waals surface area contributed by atoms with Gasteiger partial charge in [0, 0.05) is 19.1 Å². The third-order valence-corrected chi connectivity index (χ3v) is 4.65. The van der Waals surface area contributed by atoms with Crippen molar-refractivity contribution in [2.45, 2.75) is 45.6 Å². The number of rotatable bonds is 8. The van der Waals surface area contributed by atoms with Gasteiger partial charge in [0.25, 0.3) is 0 Å². The summed E-state index contributed by atoms with van der Waals surface area (Å²) in [6.45, 7) is 6.76. The summed E-state index contributed by atoms with van der Waals surface area (Å²) in [6.07, 6.45) is 4.92. The van der Waals surface area contributed by atoms with Crippen LogP contribution in [0.2, 0.25) is 0 Å². The molecule has 2 rings (SSSR count). The zero-order valence-electron chi connectivity index (χ0n) is 12.4. The van der Waals surface area contributed by atoms with Crippen LogP contribution in [-0.4, -0.2) is 19.1 Å². The Morgan fingerprint density at radius 2 is 1.89 bits per heavy atom. The van der Waals surface area contributed by atoms with Gasteiger partial charge in [0.15, 0.2) is 0 Å². The van der Waals surface area contributed by atoms with E-state index in [0.717, 1.165) is 31.8 Å². The van der Waals surface area contributed by atoms with Gasteiger partial charge in [-0.05, 0) is 42.6 Å². The van der Waals surface area contributed by atoms with Crippen LogP contribution in [-0.2, 0) is 6.42 Å². The molecule has 106 valence electrons. The van der Waals surface area contributed by atoms with E-state index in [1.165, 1.54) is 18.4 Å². The molecule has 2 heteroatoms. The van der Waals surface area contributed by atoms with Crippen LogP contribution in [0.25, 0.3) is 0 Å². The van der Waals surface area contributed by atoms with Gasteiger partial charge >= 0.3 is 0 Å². The summed E-state index contributed by atoms with van der Waals surface area (Å²) in [7, 11) is 0. The monoisotopic (exact) mass is 260 g/mol. The van der Waals surface area contributed by atoms with Crippen molar-refractivity contribution >= 4 is 0 Å².